The Morgan fingerprint density at radius 1 is 1.60 bits per heavy atom. The molecule has 1 aromatic rings. The van der Waals surface area contributed by atoms with Gasteiger partial charge in [-0.15, -0.1) is 0 Å². The van der Waals surface area contributed by atoms with E-state index in [1.165, 1.54) is 12.1 Å². The van der Waals surface area contributed by atoms with Gasteiger partial charge in [-0.2, -0.15) is 0 Å². The number of likely N-dealkylation sites (N-methyl/N-ethyl adjacent to an activating group) is 1. The van der Waals surface area contributed by atoms with E-state index in [0.717, 1.165) is 25.9 Å². The lowest BCUT2D eigenvalue weighted by Crippen LogP contribution is -2.43. The first kappa shape index (κ1) is 15.3. The van der Waals surface area contributed by atoms with Crippen LogP contribution in [-0.2, 0) is 4.79 Å². The number of carbonyl (C=O) groups excluding carboxylic acids is 1. The average Bonchev–Trinajstić information content (AvgIpc) is 2.86. The molecule has 0 aromatic heterocycles. The van der Waals surface area contributed by atoms with Gasteiger partial charge in [0.25, 0.3) is 5.91 Å². The summed E-state index contributed by atoms with van der Waals surface area (Å²) in [4.78, 5) is 13.9. The van der Waals surface area contributed by atoms with Crippen LogP contribution < -0.4 is 10.1 Å². The first-order valence-corrected chi connectivity index (χ1v) is 7.43. The molecule has 1 N–H and O–H groups in total. The quantitative estimate of drug-likeness (QED) is 0.890. The Hall–Kier alpha value is -1.14. The molecule has 6 heteroatoms. The summed E-state index contributed by atoms with van der Waals surface area (Å²) in [5.41, 5.74) is 0. The fraction of sp³-hybridized carbons (Fsp3) is 0.500. The highest BCUT2D eigenvalue weighted by atomic mass is 79.9. The minimum atomic E-state index is -0.472. The Balaban J connectivity index is 1.91. The molecule has 1 amide bonds. The fourth-order valence-corrected chi connectivity index (χ4v) is 2.76. The van der Waals surface area contributed by atoms with Gasteiger partial charge in [0, 0.05) is 23.6 Å². The highest BCUT2D eigenvalue weighted by Crippen LogP contribution is 2.22. The van der Waals surface area contributed by atoms with E-state index in [-0.39, 0.29) is 24.3 Å². The Bertz CT molecular complexity index is 484. The molecule has 2 rings (SSSR count). The summed E-state index contributed by atoms with van der Waals surface area (Å²) in [5, 5.41) is 3.08. The van der Waals surface area contributed by atoms with E-state index >= 15 is 0 Å². The summed E-state index contributed by atoms with van der Waals surface area (Å²) in [5.74, 6) is -0.462. The van der Waals surface area contributed by atoms with Crippen LogP contribution in [0.25, 0.3) is 0 Å². The maximum atomic E-state index is 13.6. The molecule has 4 nitrogen and oxygen atoms in total. The van der Waals surface area contributed by atoms with E-state index in [9.17, 15) is 9.18 Å². The molecule has 1 heterocycles. The molecule has 1 aliphatic rings. The predicted octanol–water partition coefficient (Wildman–Crippen LogP) is 2.18. The van der Waals surface area contributed by atoms with Gasteiger partial charge < -0.3 is 15.0 Å². The number of likely N-dealkylation sites (tertiary alicyclic amines) is 1. The summed E-state index contributed by atoms with van der Waals surface area (Å²) < 4.78 is 19.5. The van der Waals surface area contributed by atoms with Crippen LogP contribution in [0.1, 0.15) is 12.8 Å². The topological polar surface area (TPSA) is 41.6 Å². The summed E-state index contributed by atoms with van der Waals surface area (Å²) in [7, 11) is 1.87. The second kappa shape index (κ2) is 7.04. The van der Waals surface area contributed by atoms with Gasteiger partial charge in [-0.25, -0.2) is 4.39 Å². The van der Waals surface area contributed by atoms with Crippen molar-refractivity contribution in [2.45, 2.75) is 18.9 Å². The molecule has 0 bridgehead atoms. The normalized spacial score (nSPS) is 18.4. The molecule has 20 heavy (non-hydrogen) atoms. The van der Waals surface area contributed by atoms with Crippen molar-refractivity contribution >= 4 is 21.8 Å². The van der Waals surface area contributed by atoms with E-state index in [0.29, 0.717) is 4.47 Å². The van der Waals surface area contributed by atoms with Gasteiger partial charge in [0.05, 0.1) is 0 Å². The molecular formula is C14H18BrFN2O2. The van der Waals surface area contributed by atoms with Crippen LogP contribution >= 0.6 is 15.9 Å². The fourth-order valence-electron chi connectivity index (χ4n) is 2.43. The lowest BCUT2D eigenvalue weighted by Gasteiger charge is -2.24. The van der Waals surface area contributed by atoms with Crippen molar-refractivity contribution in [1.29, 1.82) is 0 Å². The van der Waals surface area contributed by atoms with E-state index in [4.69, 9.17) is 4.74 Å². The maximum absolute atomic E-state index is 13.6. The average molecular weight is 345 g/mol. The summed E-state index contributed by atoms with van der Waals surface area (Å²) >= 11 is 3.18. The van der Waals surface area contributed by atoms with Gasteiger partial charge in [-0.1, -0.05) is 15.9 Å². The number of ether oxygens (including phenoxy) is 1. The number of nitrogens with zero attached hydrogens (tertiary/aromatic N) is 1. The minimum Gasteiger partial charge on any atom is -0.481 e. The number of halogens is 2. The zero-order valence-electron chi connectivity index (χ0n) is 11.4. The standard InChI is InChI=1S/C14H18BrFN2O2/c1-17-8-11-3-2-6-18(11)14(19)9-20-13-5-4-10(15)7-12(13)16/h4-5,7,11,17H,2-3,6,8-9H2,1H3. The smallest absolute Gasteiger partial charge is 0.260 e. The molecule has 110 valence electrons. The second-order valence-electron chi connectivity index (χ2n) is 4.80. The van der Waals surface area contributed by atoms with Crippen LogP contribution in [0.2, 0.25) is 0 Å². The number of hydrogen-bond acceptors (Lipinski definition) is 3. The summed E-state index contributed by atoms with van der Waals surface area (Å²) in [6.07, 6.45) is 2.00. The van der Waals surface area contributed by atoms with Gasteiger partial charge in [-0.3, -0.25) is 4.79 Å². The number of hydrogen-bond donors (Lipinski definition) is 1. The Morgan fingerprint density at radius 3 is 3.10 bits per heavy atom. The molecule has 1 aliphatic heterocycles. The van der Waals surface area contributed by atoms with Crippen molar-refractivity contribution in [2.75, 3.05) is 26.7 Å². The Labute approximate surface area is 126 Å². The van der Waals surface area contributed by atoms with E-state index in [2.05, 4.69) is 21.2 Å². The van der Waals surface area contributed by atoms with Gasteiger partial charge in [-0.05, 0) is 38.1 Å². The Kier molecular flexibility index (Phi) is 5.37. The lowest BCUT2D eigenvalue weighted by atomic mass is 10.2. The van der Waals surface area contributed by atoms with Crippen molar-refractivity contribution in [3.63, 3.8) is 0 Å². The molecule has 1 fully saturated rings. The molecule has 0 radical (unpaired) electrons. The van der Waals surface area contributed by atoms with Crippen LogP contribution in [0, 0.1) is 5.82 Å². The Morgan fingerprint density at radius 2 is 2.40 bits per heavy atom. The van der Waals surface area contributed by atoms with Gasteiger partial charge >= 0.3 is 0 Å². The van der Waals surface area contributed by atoms with Gasteiger partial charge in [0.15, 0.2) is 18.2 Å². The highest BCUT2D eigenvalue weighted by molar-refractivity contribution is 9.10. The van der Waals surface area contributed by atoms with Crippen LogP contribution in [-0.4, -0.2) is 43.6 Å². The zero-order valence-corrected chi connectivity index (χ0v) is 13.0. The maximum Gasteiger partial charge on any atom is 0.260 e. The predicted molar refractivity (Wildman–Crippen MR) is 78.3 cm³/mol. The zero-order chi connectivity index (χ0) is 14.5. The number of rotatable bonds is 5. The van der Waals surface area contributed by atoms with Crippen molar-refractivity contribution in [3.8, 4) is 5.75 Å². The first-order chi connectivity index (χ1) is 9.61. The third kappa shape index (κ3) is 3.70. The highest BCUT2D eigenvalue weighted by Gasteiger charge is 2.28. The van der Waals surface area contributed by atoms with Crippen LogP contribution in [0.5, 0.6) is 5.75 Å². The third-order valence-electron chi connectivity index (χ3n) is 3.38. The molecule has 0 saturated carbocycles. The van der Waals surface area contributed by atoms with Crippen LogP contribution in [0.4, 0.5) is 4.39 Å². The van der Waals surface area contributed by atoms with E-state index < -0.39 is 5.82 Å². The van der Waals surface area contributed by atoms with Crippen molar-refractivity contribution in [2.24, 2.45) is 0 Å². The van der Waals surface area contributed by atoms with Crippen molar-refractivity contribution in [1.82, 2.24) is 10.2 Å². The number of amides is 1. The lowest BCUT2D eigenvalue weighted by molar-refractivity contribution is -0.134. The van der Waals surface area contributed by atoms with Crippen LogP contribution in [0.15, 0.2) is 22.7 Å². The molecule has 1 saturated heterocycles. The van der Waals surface area contributed by atoms with Crippen LogP contribution in [0.3, 0.4) is 0 Å². The van der Waals surface area contributed by atoms with Gasteiger partial charge in [0.2, 0.25) is 0 Å². The number of carbonyl (C=O) groups is 1. The molecule has 1 atom stereocenters. The molecule has 0 spiro atoms. The molecule has 1 aromatic carbocycles. The third-order valence-corrected chi connectivity index (χ3v) is 3.88. The molecule has 0 aliphatic carbocycles. The van der Waals surface area contributed by atoms with Crippen molar-refractivity contribution < 1.29 is 13.9 Å². The minimum absolute atomic E-state index is 0.0925. The second-order valence-corrected chi connectivity index (χ2v) is 5.72. The van der Waals surface area contributed by atoms with E-state index in [1.807, 2.05) is 11.9 Å². The monoisotopic (exact) mass is 344 g/mol. The number of benzene rings is 1. The molecular weight excluding hydrogens is 327 g/mol. The van der Waals surface area contributed by atoms with E-state index in [1.54, 1.807) is 6.07 Å². The summed E-state index contributed by atoms with van der Waals surface area (Å²) in [6, 6.07) is 4.73. The number of nitrogens with one attached hydrogen (secondary N) is 1. The SMILES string of the molecule is CNCC1CCCN1C(=O)COc1ccc(Br)cc1F. The largest absolute Gasteiger partial charge is 0.481 e. The van der Waals surface area contributed by atoms with Gasteiger partial charge in [0.1, 0.15) is 0 Å². The summed E-state index contributed by atoms with van der Waals surface area (Å²) in [6.45, 7) is 1.40. The molecule has 1 unspecified atom stereocenters. The van der Waals surface area contributed by atoms with Crippen molar-refractivity contribution in [3.05, 3.63) is 28.5 Å². The first-order valence-electron chi connectivity index (χ1n) is 6.63.